The Bertz CT molecular complexity index is 1100. The standard InChI is InChI=1S/C24H31BrClN3O4S/c1-5-17(3)27-24(31)22(6-2)28(15-18-9-7-8-10-21(18)26)23(30)16-29(34(4,32)33)20-13-11-19(25)12-14-20/h7-14,17,22H,5-6,15-16H2,1-4H3,(H,27,31)/t17-,22+/m0/s1. The van der Waals surface area contributed by atoms with E-state index < -0.39 is 28.5 Å². The van der Waals surface area contributed by atoms with E-state index in [9.17, 15) is 18.0 Å². The van der Waals surface area contributed by atoms with Crippen LogP contribution in [0.1, 0.15) is 39.2 Å². The van der Waals surface area contributed by atoms with Crippen molar-refractivity contribution in [1.82, 2.24) is 10.2 Å². The van der Waals surface area contributed by atoms with Crippen molar-refractivity contribution in [3.63, 3.8) is 0 Å². The van der Waals surface area contributed by atoms with Crippen molar-refractivity contribution >= 4 is 55.1 Å². The van der Waals surface area contributed by atoms with E-state index in [1.54, 1.807) is 48.5 Å². The Balaban J connectivity index is 2.44. The molecule has 0 aliphatic carbocycles. The van der Waals surface area contributed by atoms with Gasteiger partial charge in [-0.25, -0.2) is 8.42 Å². The molecule has 1 N–H and O–H groups in total. The SMILES string of the molecule is CC[C@H](C(=O)N[C@@H](C)CC)N(Cc1ccccc1Cl)C(=O)CN(c1ccc(Br)cc1)S(C)(=O)=O. The molecular weight excluding hydrogens is 542 g/mol. The molecule has 34 heavy (non-hydrogen) atoms. The first kappa shape index (κ1) is 28.1. The van der Waals surface area contributed by atoms with Crippen molar-refractivity contribution in [2.75, 3.05) is 17.1 Å². The summed E-state index contributed by atoms with van der Waals surface area (Å²) in [6.07, 6.45) is 2.15. The van der Waals surface area contributed by atoms with Crippen LogP contribution < -0.4 is 9.62 Å². The summed E-state index contributed by atoms with van der Waals surface area (Å²) in [4.78, 5) is 28.1. The number of hydrogen-bond acceptors (Lipinski definition) is 4. The van der Waals surface area contributed by atoms with Gasteiger partial charge in [-0.2, -0.15) is 0 Å². The molecule has 0 fully saturated rings. The van der Waals surface area contributed by atoms with Gasteiger partial charge in [0.25, 0.3) is 0 Å². The molecule has 0 saturated heterocycles. The van der Waals surface area contributed by atoms with Gasteiger partial charge in [-0.3, -0.25) is 13.9 Å². The molecule has 0 aliphatic rings. The van der Waals surface area contributed by atoms with E-state index in [0.29, 0.717) is 22.7 Å². The fourth-order valence-electron chi connectivity index (χ4n) is 3.39. The Kier molecular flexibility index (Phi) is 10.4. The average molecular weight is 573 g/mol. The molecule has 0 spiro atoms. The molecule has 0 unspecified atom stereocenters. The summed E-state index contributed by atoms with van der Waals surface area (Å²) in [7, 11) is -3.77. The van der Waals surface area contributed by atoms with E-state index in [2.05, 4.69) is 21.2 Å². The first-order valence-electron chi connectivity index (χ1n) is 11.0. The summed E-state index contributed by atoms with van der Waals surface area (Å²) in [5, 5.41) is 3.40. The second-order valence-corrected chi connectivity index (χ2v) is 11.3. The van der Waals surface area contributed by atoms with Gasteiger partial charge in [-0.15, -0.1) is 0 Å². The smallest absolute Gasteiger partial charge is 0.244 e. The average Bonchev–Trinajstić information content (AvgIpc) is 2.78. The van der Waals surface area contributed by atoms with E-state index >= 15 is 0 Å². The van der Waals surface area contributed by atoms with Crippen LogP contribution in [-0.4, -0.2) is 50.0 Å². The maximum Gasteiger partial charge on any atom is 0.244 e. The molecule has 2 atom stereocenters. The highest BCUT2D eigenvalue weighted by atomic mass is 79.9. The first-order valence-corrected chi connectivity index (χ1v) is 14.1. The van der Waals surface area contributed by atoms with Gasteiger partial charge in [0.2, 0.25) is 21.8 Å². The zero-order valence-corrected chi connectivity index (χ0v) is 23.0. The molecule has 0 aliphatic heterocycles. The Hall–Kier alpha value is -2.10. The fourth-order valence-corrected chi connectivity index (χ4v) is 4.70. The number of carbonyl (C=O) groups is 2. The lowest BCUT2D eigenvalue weighted by Crippen LogP contribution is -2.53. The summed E-state index contributed by atoms with van der Waals surface area (Å²) >= 11 is 9.68. The minimum Gasteiger partial charge on any atom is -0.352 e. The number of sulfonamides is 1. The number of benzene rings is 2. The maximum atomic E-state index is 13.6. The minimum atomic E-state index is -3.77. The summed E-state index contributed by atoms with van der Waals surface area (Å²) in [6.45, 7) is 5.29. The van der Waals surface area contributed by atoms with Crippen molar-refractivity contribution in [1.29, 1.82) is 0 Å². The number of halogens is 2. The second-order valence-electron chi connectivity index (χ2n) is 8.10. The van der Waals surface area contributed by atoms with Crippen LogP contribution in [0.5, 0.6) is 0 Å². The van der Waals surface area contributed by atoms with Gasteiger partial charge in [0.15, 0.2) is 0 Å². The molecule has 2 aromatic rings. The normalized spacial score (nSPS) is 13.1. The van der Waals surface area contributed by atoms with Gasteiger partial charge in [0.05, 0.1) is 11.9 Å². The van der Waals surface area contributed by atoms with E-state index in [1.165, 1.54) is 4.90 Å². The number of nitrogens with one attached hydrogen (secondary N) is 1. The Morgan fingerprint density at radius 3 is 2.21 bits per heavy atom. The van der Waals surface area contributed by atoms with Crippen LogP contribution in [0.25, 0.3) is 0 Å². The number of carbonyl (C=O) groups excluding carboxylic acids is 2. The molecule has 0 aromatic heterocycles. The van der Waals surface area contributed by atoms with Crippen molar-refractivity contribution < 1.29 is 18.0 Å². The van der Waals surface area contributed by atoms with Gasteiger partial charge >= 0.3 is 0 Å². The van der Waals surface area contributed by atoms with Crippen molar-refractivity contribution in [3.8, 4) is 0 Å². The monoisotopic (exact) mass is 571 g/mol. The fraction of sp³-hybridized carbons (Fsp3) is 0.417. The van der Waals surface area contributed by atoms with Crippen LogP contribution in [0.4, 0.5) is 5.69 Å². The predicted octanol–water partition coefficient (Wildman–Crippen LogP) is 4.59. The first-order chi connectivity index (χ1) is 16.0. The predicted molar refractivity (Wildman–Crippen MR) is 140 cm³/mol. The molecule has 10 heteroatoms. The number of anilines is 1. The Morgan fingerprint density at radius 2 is 1.68 bits per heavy atom. The number of nitrogens with zero attached hydrogens (tertiary/aromatic N) is 2. The van der Waals surface area contributed by atoms with Crippen LogP contribution >= 0.6 is 27.5 Å². The zero-order valence-electron chi connectivity index (χ0n) is 19.8. The second kappa shape index (κ2) is 12.6. The van der Waals surface area contributed by atoms with Crippen molar-refractivity contribution in [2.24, 2.45) is 0 Å². The van der Waals surface area contributed by atoms with Crippen LogP contribution in [0.2, 0.25) is 5.02 Å². The maximum absolute atomic E-state index is 13.6. The number of rotatable bonds is 11. The number of amides is 2. The van der Waals surface area contributed by atoms with E-state index in [1.807, 2.05) is 20.8 Å². The lowest BCUT2D eigenvalue weighted by Gasteiger charge is -2.33. The third kappa shape index (κ3) is 7.71. The molecule has 0 saturated carbocycles. The summed E-state index contributed by atoms with van der Waals surface area (Å²) < 4.78 is 27.0. The summed E-state index contributed by atoms with van der Waals surface area (Å²) in [5.41, 5.74) is 1.02. The third-order valence-corrected chi connectivity index (χ3v) is 7.52. The van der Waals surface area contributed by atoms with E-state index in [-0.39, 0.29) is 18.5 Å². The van der Waals surface area contributed by atoms with E-state index in [0.717, 1.165) is 21.5 Å². The molecule has 2 aromatic carbocycles. The zero-order chi connectivity index (χ0) is 25.5. The van der Waals surface area contributed by atoms with Crippen molar-refractivity contribution in [3.05, 3.63) is 63.6 Å². The topological polar surface area (TPSA) is 86.8 Å². The highest BCUT2D eigenvalue weighted by Gasteiger charge is 2.32. The molecular formula is C24H31BrClN3O4S. The molecule has 2 amide bonds. The van der Waals surface area contributed by atoms with Gasteiger partial charge < -0.3 is 10.2 Å². The Morgan fingerprint density at radius 1 is 1.06 bits per heavy atom. The van der Waals surface area contributed by atoms with Crippen LogP contribution in [0, 0.1) is 0 Å². The molecule has 7 nitrogen and oxygen atoms in total. The Labute approximate surface area is 215 Å². The largest absolute Gasteiger partial charge is 0.352 e. The minimum absolute atomic E-state index is 0.0610. The molecule has 0 bridgehead atoms. The van der Waals surface area contributed by atoms with Crippen LogP contribution in [0.15, 0.2) is 53.0 Å². The summed E-state index contributed by atoms with van der Waals surface area (Å²) in [6, 6.07) is 12.9. The molecule has 0 radical (unpaired) electrons. The highest BCUT2D eigenvalue weighted by molar-refractivity contribution is 9.10. The van der Waals surface area contributed by atoms with Gasteiger partial charge in [0, 0.05) is 22.1 Å². The summed E-state index contributed by atoms with van der Waals surface area (Å²) in [5.74, 6) is -0.786. The lowest BCUT2D eigenvalue weighted by molar-refractivity contribution is -0.140. The lowest BCUT2D eigenvalue weighted by atomic mass is 10.1. The molecule has 0 heterocycles. The quantitative estimate of drug-likeness (QED) is 0.427. The highest BCUT2D eigenvalue weighted by Crippen LogP contribution is 2.23. The van der Waals surface area contributed by atoms with E-state index in [4.69, 9.17) is 11.6 Å². The van der Waals surface area contributed by atoms with Crippen LogP contribution in [0.3, 0.4) is 0 Å². The van der Waals surface area contributed by atoms with Gasteiger partial charge in [-0.05, 0) is 55.7 Å². The van der Waals surface area contributed by atoms with Gasteiger partial charge in [-0.1, -0.05) is 59.6 Å². The van der Waals surface area contributed by atoms with Crippen molar-refractivity contribution in [2.45, 2.75) is 52.2 Å². The van der Waals surface area contributed by atoms with Gasteiger partial charge in [0.1, 0.15) is 12.6 Å². The molecule has 186 valence electrons. The third-order valence-electron chi connectivity index (χ3n) is 5.48. The molecule has 2 rings (SSSR count). The number of hydrogen-bond donors (Lipinski definition) is 1. The van der Waals surface area contributed by atoms with Crippen LogP contribution in [-0.2, 0) is 26.2 Å².